The van der Waals surface area contributed by atoms with Crippen LogP contribution in [0.5, 0.6) is 5.75 Å². The zero-order valence-corrected chi connectivity index (χ0v) is 11.2. The number of methoxy groups -OCH3 is 2. The monoisotopic (exact) mass is 280 g/mol. The summed E-state index contributed by atoms with van der Waals surface area (Å²) in [6, 6.07) is 6.97. The Kier molecular flexibility index (Phi) is 3.44. The van der Waals surface area contributed by atoms with Gasteiger partial charge in [0.25, 0.3) is 0 Å². The van der Waals surface area contributed by atoms with Crippen LogP contribution in [0.25, 0.3) is 5.57 Å². The van der Waals surface area contributed by atoms with Crippen LogP contribution < -0.4 is 4.74 Å². The normalized spacial score (nSPS) is 16.5. The van der Waals surface area contributed by atoms with E-state index < -0.39 is 15.8 Å². The zero-order chi connectivity index (χ0) is 14.0. The second-order valence-electron chi connectivity index (χ2n) is 3.82. The zero-order valence-electron chi connectivity index (χ0n) is 10.4. The summed E-state index contributed by atoms with van der Waals surface area (Å²) in [5, 5.41) is 1.04. The molecule has 1 heterocycles. The second kappa shape index (κ2) is 4.89. The fourth-order valence-corrected chi connectivity index (χ4v) is 3.05. The summed E-state index contributed by atoms with van der Waals surface area (Å²) >= 11 is 0. The molecule has 0 aliphatic carbocycles. The van der Waals surface area contributed by atoms with Gasteiger partial charge in [-0.05, 0) is 17.7 Å². The van der Waals surface area contributed by atoms with Crippen LogP contribution >= 0.6 is 0 Å². The second-order valence-corrected chi connectivity index (χ2v) is 5.58. The number of hydrogen-bond donors (Lipinski definition) is 0. The maximum Gasteiger partial charge on any atom is 0.349 e. The maximum absolute atomic E-state index is 11.9. The average Bonchev–Trinajstić information content (AvgIpc) is 2.73. The third kappa shape index (κ3) is 2.39. The molecule has 19 heavy (non-hydrogen) atoms. The van der Waals surface area contributed by atoms with Gasteiger partial charge in [0, 0.05) is 11.0 Å². The molecule has 1 aliphatic heterocycles. The highest BCUT2D eigenvalue weighted by Gasteiger charge is 2.30. The number of esters is 1. The molecule has 0 saturated carbocycles. The highest BCUT2D eigenvalue weighted by atomic mass is 32.2. The number of carbonyl (C=O) groups is 1. The van der Waals surface area contributed by atoms with Gasteiger partial charge < -0.3 is 9.47 Å². The van der Waals surface area contributed by atoms with Crippen LogP contribution in [0.2, 0.25) is 0 Å². The molecular weight excluding hydrogens is 268 g/mol. The van der Waals surface area contributed by atoms with Crippen LogP contribution in [-0.4, -0.2) is 28.6 Å². The standard InChI is InChI=1S/C13H12O5S/c1-17-11-6-4-3-5-10(11)9-7-12(13(14)18-2)19(15,16)8-9/h3-8H,1-2H3. The Bertz CT molecular complexity index is 683. The summed E-state index contributed by atoms with van der Waals surface area (Å²) in [7, 11) is -1.12. The van der Waals surface area contributed by atoms with Crippen LogP contribution in [0.3, 0.4) is 0 Å². The molecule has 100 valence electrons. The number of para-hydroxylation sites is 1. The lowest BCUT2D eigenvalue weighted by molar-refractivity contribution is -0.135. The van der Waals surface area contributed by atoms with Gasteiger partial charge in [0.1, 0.15) is 5.75 Å². The van der Waals surface area contributed by atoms with Gasteiger partial charge in [-0.2, -0.15) is 0 Å². The van der Waals surface area contributed by atoms with E-state index in [1.165, 1.54) is 13.2 Å². The van der Waals surface area contributed by atoms with Crippen molar-refractivity contribution in [1.82, 2.24) is 0 Å². The molecule has 5 nitrogen and oxygen atoms in total. The van der Waals surface area contributed by atoms with Crippen LogP contribution in [-0.2, 0) is 19.4 Å². The third-order valence-corrected chi connectivity index (χ3v) is 4.14. The lowest BCUT2D eigenvalue weighted by Gasteiger charge is -2.06. The van der Waals surface area contributed by atoms with Gasteiger partial charge in [-0.25, -0.2) is 13.2 Å². The van der Waals surface area contributed by atoms with Gasteiger partial charge in [-0.3, -0.25) is 0 Å². The van der Waals surface area contributed by atoms with Crippen molar-refractivity contribution in [2.24, 2.45) is 0 Å². The molecule has 0 radical (unpaired) electrons. The lowest BCUT2D eigenvalue weighted by atomic mass is 10.1. The average molecular weight is 280 g/mol. The predicted octanol–water partition coefficient (Wildman–Crippen LogP) is 1.52. The highest BCUT2D eigenvalue weighted by Crippen LogP contribution is 2.34. The van der Waals surface area contributed by atoms with Crippen LogP contribution in [0.1, 0.15) is 5.56 Å². The van der Waals surface area contributed by atoms with Gasteiger partial charge in [-0.1, -0.05) is 18.2 Å². The number of carbonyl (C=O) groups excluding carboxylic acids is 1. The van der Waals surface area contributed by atoms with Gasteiger partial charge in [-0.15, -0.1) is 0 Å². The number of ether oxygens (including phenoxy) is 2. The van der Waals surface area contributed by atoms with E-state index in [1.807, 2.05) is 0 Å². The molecule has 0 atom stereocenters. The Morgan fingerprint density at radius 3 is 2.47 bits per heavy atom. The van der Waals surface area contributed by atoms with Crippen molar-refractivity contribution in [3.05, 3.63) is 46.2 Å². The molecular formula is C13H12O5S. The van der Waals surface area contributed by atoms with E-state index in [-0.39, 0.29) is 4.91 Å². The third-order valence-electron chi connectivity index (χ3n) is 2.68. The number of rotatable bonds is 3. The van der Waals surface area contributed by atoms with Crippen molar-refractivity contribution in [3.8, 4) is 5.75 Å². The van der Waals surface area contributed by atoms with E-state index in [4.69, 9.17) is 4.74 Å². The lowest BCUT2D eigenvalue weighted by Crippen LogP contribution is -2.10. The molecule has 2 rings (SSSR count). The molecule has 1 aliphatic rings. The van der Waals surface area contributed by atoms with E-state index in [0.29, 0.717) is 16.9 Å². The summed E-state index contributed by atoms with van der Waals surface area (Å²) in [4.78, 5) is 11.1. The molecule has 0 N–H and O–H groups in total. The van der Waals surface area contributed by atoms with Crippen molar-refractivity contribution >= 4 is 21.4 Å². The molecule has 0 spiro atoms. The number of benzene rings is 1. The first-order valence-corrected chi connectivity index (χ1v) is 6.94. The smallest absolute Gasteiger partial charge is 0.349 e. The minimum atomic E-state index is -3.75. The van der Waals surface area contributed by atoms with Crippen molar-refractivity contribution in [2.45, 2.75) is 0 Å². The molecule has 0 aromatic heterocycles. The molecule has 0 fully saturated rings. The van der Waals surface area contributed by atoms with Crippen molar-refractivity contribution in [3.63, 3.8) is 0 Å². The Hall–Kier alpha value is -2.08. The predicted molar refractivity (Wildman–Crippen MR) is 70.0 cm³/mol. The van der Waals surface area contributed by atoms with Crippen molar-refractivity contribution in [1.29, 1.82) is 0 Å². The van der Waals surface area contributed by atoms with E-state index in [0.717, 1.165) is 12.5 Å². The summed E-state index contributed by atoms with van der Waals surface area (Å²) in [5.41, 5.74) is 1.00. The van der Waals surface area contributed by atoms with Crippen molar-refractivity contribution < 1.29 is 22.7 Å². The van der Waals surface area contributed by atoms with Gasteiger partial charge >= 0.3 is 5.97 Å². The number of hydrogen-bond acceptors (Lipinski definition) is 5. The summed E-state index contributed by atoms with van der Waals surface area (Å²) in [5.74, 6) is -0.340. The first-order valence-electron chi connectivity index (χ1n) is 5.40. The van der Waals surface area contributed by atoms with Gasteiger partial charge in [0.05, 0.1) is 14.2 Å². The topological polar surface area (TPSA) is 69.7 Å². The van der Waals surface area contributed by atoms with E-state index in [9.17, 15) is 13.2 Å². The van der Waals surface area contributed by atoms with Gasteiger partial charge in [0.15, 0.2) is 4.91 Å². The van der Waals surface area contributed by atoms with Crippen LogP contribution in [0.15, 0.2) is 40.7 Å². The Morgan fingerprint density at radius 2 is 1.84 bits per heavy atom. The Labute approximate surface area is 111 Å². The summed E-state index contributed by atoms with van der Waals surface area (Å²) in [6.07, 6.45) is 1.29. The fourth-order valence-electron chi connectivity index (χ4n) is 1.79. The Balaban J connectivity index is 2.54. The minimum Gasteiger partial charge on any atom is -0.496 e. The largest absolute Gasteiger partial charge is 0.496 e. The molecule has 1 aromatic carbocycles. The number of sulfone groups is 1. The van der Waals surface area contributed by atoms with E-state index in [1.54, 1.807) is 24.3 Å². The van der Waals surface area contributed by atoms with Crippen LogP contribution in [0.4, 0.5) is 0 Å². The minimum absolute atomic E-state index is 0.365. The molecule has 0 bridgehead atoms. The molecule has 0 amide bonds. The van der Waals surface area contributed by atoms with Crippen LogP contribution in [0, 0.1) is 0 Å². The fraction of sp³-hybridized carbons (Fsp3) is 0.154. The van der Waals surface area contributed by atoms with Gasteiger partial charge in [0.2, 0.25) is 9.84 Å². The molecule has 0 unspecified atom stereocenters. The molecule has 0 saturated heterocycles. The first-order chi connectivity index (χ1) is 8.99. The number of allylic oxidation sites excluding steroid dienone is 2. The molecule has 6 heteroatoms. The van der Waals surface area contributed by atoms with E-state index >= 15 is 0 Å². The quantitative estimate of drug-likeness (QED) is 0.785. The Morgan fingerprint density at radius 1 is 1.16 bits per heavy atom. The highest BCUT2D eigenvalue weighted by molar-refractivity contribution is 7.99. The molecule has 1 aromatic rings. The van der Waals surface area contributed by atoms with Crippen molar-refractivity contribution in [2.75, 3.05) is 14.2 Å². The van der Waals surface area contributed by atoms with E-state index in [2.05, 4.69) is 4.74 Å². The summed E-state index contributed by atoms with van der Waals surface area (Å²) < 4.78 is 33.3. The maximum atomic E-state index is 11.9. The first kappa shape index (κ1) is 13.4. The SMILES string of the molecule is COC(=O)C1=CC(c2ccccc2OC)=CS1(=O)=O. The summed E-state index contributed by atoms with van der Waals surface area (Å²) in [6.45, 7) is 0.